The predicted octanol–water partition coefficient (Wildman–Crippen LogP) is 3.33. The van der Waals surface area contributed by atoms with Crippen LogP contribution in [-0.2, 0) is 24.3 Å². The first-order chi connectivity index (χ1) is 14.2. The second-order valence-electron chi connectivity index (χ2n) is 8.96. The fraction of sp³-hybridized carbons (Fsp3) is 0.818. The van der Waals surface area contributed by atoms with Crippen LogP contribution in [0.1, 0.15) is 89.9 Å². The second-order valence-corrected chi connectivity index (χ2v) is 11.0. The molecule has 0 spiro atoms. The molecular weight excluding hydrogens is 404 g/mol. The Hall–Kier alpha value is -1.41. The van der Waals surface area contributed by atoms with Gasteiger partial charge in [-0.15, -0.1) is 6.58 Å². The lowest BCUT2D eigenvalue weighted by atomic mass is 10.0. The normalized spacial score (nSPS) is 24.1. The van der Waals surface area contributed by atoms with E-state index in [4.69, 9.17) is 5.73 Å². The van der Waals surface area contributed by atoms with Gasteiger partial charge in [-0.3, -0.25) is 14.3 Å². The van der Waals surface area contributed by atoms with Crippen LogP contribution in [0.5, 0.6) is 0 Å². The van der Waals surface area contributed by atoms with Gasteiger partial charge < -0.3 is 10.5 Å². The van der Waals surface area contributed by atoms with Crippen LogP contribution in [0.2, 0.25) is 0 Å². The Bertz CT molecular complexity index is 717. The summed E-state index contributed by atoms with van der Waals surface area (Å²) in [5.74, 6) is -0.873. The van der Waals surface area contributed by atoms with E-state index < -0.39 is 26.2 Å². The topological polar surface area (TPSA) is 116 Å². The number of carbonyl (C=O) groups excluding carboxylic acids is 2. The van der Waals surface area contributed by atoms with Crippen LogP contribution in [0.3, 0.4) is 0 Å². The summed E-state index contributed by atoms with van der Waals surface area (Å²) in [5.41, 5.74) is 4.87. The van der Waals surface area contributed by atoms with Gasteiger partial charge in [0.25, 0.3) is 5.91 Å². The first kappa shape index (κ1) is 24.9. The number of amides is 1. The first-order valence-electron chi connectivity index (χ1n) is 11.3. The minimum Gasteiger partial charge on any atom is -0.469 e. The monoisotopic (exact) mass is 442 g/mol. The van der Waals surface area contributed by atoms with Crippen molar-refractivity contribution >= 4 is 21.9 Å². The summed E-state index contributed by atoms with van der Waals surface area (Å²) < 4.78 is 31.5. The summed E-state index contributed by atoms with van der Waals surface area (Å²) >= 11 is 0. The van der Waals surface area contributed by atoms with Crippen LogP contribution in [0.4, 0.5) is 0 Å². The molecule has 2 saturated carbocycles. The molecular formula is C22H38N2O5S. The molecule has 2 aliphatic carbocycles. The molecule has 0 aliphatic heterocycles. The molecule has 7 nitrogen and oxygen atoms in total. The van der Waals surface area contributed by atoms with Gasteiger partial charge in [0.1, 0.15) is 5.54 Å². The molecule has 30 heavy (non-hydrogen) atoms. The molecule has 3 N–H and O–H groups in total. The van der Waals surface area contributed by atoms with Crippen molar-refractivity contribution in [2.24, 2.45) is 11.7 Å². The smallest absolute Gasteiger partial charge is 0.305 e. The van der Waals surface area contributed by atoms with E-state index in [1.807, 2.05) is 0 Å². The van der Waals surface area contributed by atoms with E-state index in [-0.39, 0.29) is 11.9 Å². The molecule has 0 aromatic heterocycles. The average Bonchev–Trinajstić information content (AvgIpc) is 3.62. The van der Waals surface area contributed by atoms with E-state index in [2.05, 4.69) is 16.0 Å². The molecule has 0 aromatic carbocycles. The Morgan fingerprint density at radius 2 is 1.60 bits per heavy atom. The zero-order chi connectivity index (χ0) is 22.3. The van der Waals surface area contributed by atoms with E-state index in [9.17, 15) is 18.0 Å². The van der Waals surface area contributed by atoms with Crippen molar-refractivity contribution < 1.29 is 22.7 Å². The fourth-order valence-electron chi connectivity index (χ4n) is 4.03. The van der Waals surface area contributed by atoms with Crippen molar-refractivity contribution in [2.45, 2.75) is 100 Å². The summed E-state index contributed by atoms with van der Waals surface area (Å²) in [5, 5.41) is 0. The van der Waals surface area contributed by atoms with Crippen molar-refractivity contribution in [3.8, 4) is 0 Å². The maximum absolute atomic E-state index is 12.7. The number of unbranched alkanes of at least 4 members (excludes halogenated alkanes) is 8. The summed E-state index contributed by atoms with van der Waals surface area (Å²) in [6, 6.07) is 0. The van der Waals surface area contributed by atoms with E-state index in [0.717, 1.165) is 51.4 Å². The Labute approximate surface area is 181 Å². The third-order valence-electron chi connectivity index (χ3n) is 6.61. The van der Waals surface area contributed by atoms with Crippen LogP contribution in [0.15, 0.2) is 12.7 Å². The Morgan fingerprint density at radius 3 is 2.07 bits per heavy atom. The first-order valence-corrected chi connectivity index (χ1v) is 12.7. The lowest BCUT2D eigenvalue weighted by Gasteiger charge is -2.19. The molecule has 0 radical (unpaired) electrons. The van der Waals surface area contributed by atoms with Crippen LogP contribution >= 0.6 is 0 Å². The standard InChI is InChI=1S/C22H38N2O5S/c1-3-18-17-22(18,23)20(26)24-30(27,28)21(15-16-21)14-12-10-8-6-4-5-7-9-11-13-19(25)29-2/h3,18H,1,4-17,23H2,2H3,(H,24,26)/t18-,22+/m1/s1. The predicted molar refractivity (Wildman–Crippen MR) is 117 cm³/mol. The number of ether oxygens (including phenoxy) is 1. The molecule has 2 aliphatic rings. The van der Waals surface area contributed by atoms with E-state index in [1.165, 1.54) is 13.5 Å². The summed E-state index contributed by atoms with van der Waals surface area (Å²) in [7, 11) is -2.27. The largest absolute Gasteiger partial charge is 0.469 e. The van der Waals surface area contributed by atoms with Crippen LogP contribution < -0.4 is 10.5 Å². The lowest BCUT2D eigenvalue weighted by Crippen LogP contribution is -2.49. The molecule has 0 aromatic rings. The van der Waals surface area contributed by atoms with E-state index >= 15 is 0 Å². The number of nitrogens with two attached hydrogens (primary N) is 1. The molecule has 172 valence electrons. The van der Waals surface area contributed by atoms with Gasteiger partial charge in [-0.2, -0.15) is 0 Å². The number of hydrogen-bond acceptors (Lipinski definition) is 6. The van der Waals surface area contributed by atoms with Crippen LogP contribution in [-0.4, -0.2) is 37.7 Å². The quantitative estimate of drug-likeness (QED) is 0.215. The van der Waals surface area contributed by atoms with Gasteiger partial charge in [0.05, 0.1) is 11.9 Å². The van der Waals surface area contributed by atoms with E-state index in [0.29, 0.717) is 32.1 Å². The van der Waals surface area contributed by atoms with Gasteiger partial charge >= 0.3 is 5.97 Å². The number of sulfonamides is 1. The third kappa shape index (κ3) is 6.54. The van der Waals surface area contributed by atoms with Gasteiger partial charge in [0, 0.05) is 12.3 Å². The fourth-order valence-corrected chi connectivity index (χ4v) is 5.74. The average molecular weight is 443 g/mol. The van der Waals surface area contributed by atoms with Crippen LogP contribution in [0, 0.1) is 5.92 Å². The minimum atomic E-state index is -3.69. The Morgan fingerprint density at radius 1 is 1.07 bits per heavy atom. The molecule has 0 unspecified atom stereocenters. The summed E-state index contributed by atoms with van der Waals surface area (Å²) in [6.45, 7) is 3.63. The minimum absolute atomic E-state index is 0.138. The van der Waals surface area contributed by atoms with Crippen molar-refractivity contribution in [3.63, 3.8) is 0 Å². The molecule has 2 fully saturated rings. The van der Waals surface area contributed by atoms with Crippen molar-refractivity contribution in [2.75, 3.05) is 7.11 Å². The number of carbonyl (C=O) groups is 2. The Balaban J connectivity index is 1.55. The van der Waals surface area contributed by atoms with Crippen molar-refractivity contribution in [1.82, 2.24) is 4.72 Å². The number of methoxy groups -OCH3 is 1. The molecule has 1 amide bonds. The Kier molecular flexibility index (Phi) is 8.91. The molecule has 2 rings (SSSR count). The van der Waals surface area contributed by atoms with Crippen molar-refractivity contribution in [1.29, 1.82) is 0 Å². The highest BCUT2D eigenvalue weighted by atomic mass is 32.2. The molecule has 2 atom stereocenters. The number of hydrogen-bond donors (Lipinski definition) is 2. The second kappa shape index (κ2) is 10.8. The maximum Gasteiger partial charge on any atom is 0.305 e. The maximum atomic E-state index is 12.7. The van der Waals surface area contributed by atoms with Gasteiger partial charge in [0.2, 0.25) is 10.0 Å². The highest BCUT2D eigenvalue weighted by Gasteiger charge is 2.59. The molecule has 0 saturated heterocycles. The highest BCUT2D eigenvalue weighted by molar-refractivity contribution is 7.91. The third-order valence-corrected chi connectivity index (χ3v) is 8.82. The number of nitrogens with one attached hydrogen (secondary N) is 1. The molecule has 0 heterocycles. The van der Waals surface area contributed by atoms with Gasteiger partial charge in [0.15, 0.2) is 0 Å². The zero-order valence-electron chi connectivity index (χ0n) is 18.3. The molecule has 8 heteroatoms. The number of esters is 1. The van der Waals surface area contributed by atoms with Gasteiger partial charge in [-0.25, -0.2) is 8.42 Å². The van der Waals surface area contributed by atoms with E-state index in [1.54, 1.807) is 6.08 Å². The summed E-state index contributed by atoms with van der Waals surface area (Å²) in [6.07, 6.45) is 13.9. The zero-order valence-corrected chi connectivity index (χ0v) is 19.1. The number of rotatable bonds is 16. The van der Waals surface area contributed by atoms with Gasteiger partial charge in [-0.1, -0.05) is 57.4 Å². The molecule has 0 bridgehead atoms. The van der Waals surface area contributed by atoms with Crippen molar-refractivity contribution in [3.05, 3.63) is 12.7 Å². The lowest BCUT2D eigenvalue weighted by molar-refractivity contribution is -0.140. The van der Waals surface area contributed by atoms with Gasteiger partial charge in [-0.05, 0) is 32.1 Å². The van der Waals surface area contributed by atoms with Crippen LogP contribution in [0.25, 0.3) is 0 Å². The highest BCUT2D eigenvalue weighted by Crippen LogP contribution is 2.48. The SMILES string of the molecule is C=C[C@@H]1C[C@@]1(N)C(=O)NS(=O)(=O)C1(CCCCCCCCCCCC(=O)OC)CC1. The summed E-state index contributed by atoms with van der Waals surface area (Å²) in [4.78, 5) is 23.3.